The monoisotopic (exact) mass is 437 g/mol. The Kier molecular flexibility index (Phi) is 139. The zero-order valence-electron chi connectivity index (χ0n) is 5.98. The molecule has 0 saturated carbocycles. The van der Waals surface area contributed by atoms with E-state index in [0.717, 1.165) is 6.61 Å². The Morgan fingerprint density at radius 2 is 1.36 bits per heavy atom. The average molecular weight is 439 g/mol. The summed E-state index contributed by atoms with van der Waals surface area (Å²) in [6.45, 7) is 3.11. The molecule has 0 aliphatic carbocycles. The van der Waals surface area contributed by atoms with Crippen LogP contribution in [0.4, 0.5) is 0 Å². The summed E-state index contributed by atoms with van der Waals surface area (Å²) in [5.74, 6) is 0. The van der Waals surface area contributed by atoms with Gasteiger partial charge in [0.2, 0.25) is 0 Å². The van der Waals surface area contributed by atoms with Crippen molar-refractivity contribution in [1.82, 2.24) is 0 Å². The van der Waals surface area contributed by atoms with Crippen LogP contribution in [0.5, 0.6) is 0 Å². The normalized spacial score (nSPS) is 4.82. The van der Waals surface area contributed by atoms with Gasteiger partial charge in [-0.25, -0.2) is 0 Å². The first-order valence-electron chi connectivity index (χ1n) is 2.16. The number of hydrogen-bond acceptors (Lipinski definition) is 1. The van der Waals surface area contributed by atoms with E-state index >= 15 is 0 Å². The quantitative estimate of drug-likeness (QED) is 0.613. The maximum Gasteiger partial charge on any atom is -0.147 e. The SMILES string of the molecule is CCCC[O][W].Cl.Cl.Cl.Cl.Cl. The Labute approximate surface area is 111 Å². The molecule has 0 radical (unpaired) electrons. The van der Waals surface area contributed by atoms with Gasteiger partial charge in [0.1, 0.15) is 0 Å². The second kappa shape index (κ2) is 40.1. The van der Waals surface area contributed by atoms with E-state index in [4.69, 9.17) is 3.39 Å². The third-order valence-electron chi connectivity index (χ3n) is 0.581. The van der Waals surface area contributed by atoms with Gasteiger partial charge in [-0.3, -0.25) is 0 Å². The summed E-state index contributed by atoms with van der Waals surface area (Å²) in [7, 11) is 0. The minimum absolute atomic E-state index is 0. The average Bonchev–Trinajstić information content (AvgIpc) is 1.61. The second-order valence-electron chi connectivity index (χ2n) is 1.18. The molecule has 77 valence electrons. The van der Waals surface area contributed by atoms with Gasteiger partial charge in [0, 0.05) is 0 Å². The molecular formula is C4H14Cl5OW. The van der Waals surface area contributed by atoms with Gasteiger partial charge in [0.25, 0.3) is 0 Å². The minimum atomic E-state index is 0. The van der Waals surface area contributed by atoms with Crippen LogP contribution in [0.15, 0.2) is 0 Å². The summed E-state index contributed by atoms with van der Waals surface area (Å²) in [6, 6.07) is 0. The molecule has 0 aromatic heterocycles. The fourth-order valence-electron chi connectivity index (χ4n) is 0.203. The van der Waals surface area contributed by atoms with Crippen molar-refractivity contribution in [1.29, 1.82) is 0 Å². The fourth-order valence-corrected chi connectivity index (χ4v) is 0.627. The predicted molar refractivity (Wildman–Crippen MR) is 57.1 cm³/mol. The molecule has 0 bridgehead atoms. The van der Waals surface area contributed by atoms with Crippen LogP contribution in [0.1, 0.15) is 19.8 Å². The van der Waals surface area contributed by atoms with E-state index in [0.29, 0.717) is 0 Å². The zero-order valence-corrected chi connectivity index (χ0v) is 13.0. The molecule has 0 aliphatic rings. The Balaban J connectivity index is -0.0000000125. The summed E-state index contributed by atoms with van der Waals surface area (Å²) >= 11 is 1.23. The van der Waals surface area contributed by atoms with Crippen LogP contribution in [-0.4, -0.2) is 6.61 Å². The van der Waals surface area contributed by atoms with Gasteiger partial charge < -0.3 is 0 Å². The Bertz CT molecular complexity index is 30.4. The van der Waals surface area contributed by atoms with Crippen LogP contribution in [-0.2, 0) is 23.6 Å². The first-order valence-corrected chi connectivity index (χ1v) is 3.36. The van der Waals surface area contributed by atoms with Gasteiger partial charge in [-0.05, 0) is 0 Å². The Hall–Kier alpha value is 2.10. The molecular weight excluding hydrogens is 425 g/mol. The summed E-state index contributed by atoms with van der Waals surface area (Å²) < 4.78 is 4.87. The molecule has 0 rings (SSSR count). The maximum atomic E-state index is 4.87. The van der Waals surface area contributed by atoms with Gasteiger partial charge in [-0.15, -0.1) is 62.0 Å². The van der Waals surface area contributed by atoms with Crippen LogP contribution >= 0.6 is 62.0 Å². The fraction of sp³-hybridized carbons (Fsp3) is 1.00. The number of hydrogen-bond donors (Lipinski definition) is 0. The van der Waals surface area contributed by atoms with Gasteiger partial charge in [0.15, 0.2) is 0 Å². The van der Waals surface area contributed by atoms with E-state index in [1.807, 2.05) is 0 Å². The molecule has 0 fully saturated rings. The summed E-state index contributed by atoms with van der Waals surface area (Å²) in [6.07, 6.45) is 2.46. The van der Waals surface area contributed by atoms with Gasteiger partial charge in [-0.1, -0.05) is 0 Å². The van der Waals surface area contributed by atoms with Crippen molar-refractivity contribution in [3.63, 3.8) is 0 Å². The van der Waals surface area contributed by atoms with Gasteiger partial charge in [0.05, 0.1) is 0 Å². The maximum absolute atomic E-state index is 4.87. The molecule has 0 spiro atoms. The van der Waals surface area contributed by atoms with Crippen LogP contribution in [0.25, 0.3) is 0 Å². The van der Waals surface area contributed by atoms with E-state index in [1.54, 1.807) is 0 Å². The van der Waals surface area contributed by atoms with Gasteiger partial charge in [-0.2, -0.15) is 0 Å². The minimum Gasteiger partial charge on any atom is -0.147 e. The van der Waals surface area contributed by atoms with Gasteiger partial charge >= 0.3 is 50.0 Å². The first-order chi connectivity index (χ1) is 2.91. The molecule has 11 heavy (non-hydrogen) atoms. The Morgan fingerprint density at radius 3 is 1.45 bits per heavy atom. The third-order valence-corrected chi connectivity index (χ3v) is 1.18. The molecule has 0 atom stereocenters. The molecule has 0 heterocycles. The molecule has 0 amide bonds. The van der Waals surface area contributed by atoms with E-state index in [1.165, 1.54) is 33.0 Å². The number of rotatable bonds is 3. The summed E-state index contributed by atoms with van der Waals surface area (Å²) in [5.41, 5.74) is 0. The molecule has 0 aromatic rings. The second-order valence-corrected chi connectivity index (χ2v) is 2.02. The van der Waals surface area contributed by atoms with Crippen molar-refractivity contribution >= 4 is 62.0 Å². The van der Waals surface area contributed by atoms with E-state index in [-0.39, 0.29) is 62.0 Å². The van der Waals surface area contributed by atoms with Crippen molar-refractivity contribution in [2.45, 2.75) is 19.8 Å². The molecule has 0 N–H and O–H groups in total. The molecule has 0 aliphatic heterocycles. The predicted octanol–water partition coefficient (Wildman–Crippen LogP) is 3.37. The smallest absolute Gasteiger partial charge is 0.147 e. The molecule has 0 aromatic carbocycles. The topological polar surface area (TPSA) is 9.23 Å². The first kappa shape index (κ1) is 38.1. The van der Waals surface area contributed by atoms with Crippen LogP contribution < -0.4 is 0 Å². The largest absolute Gasteiger partial charge is 0.147 e. The van der Waals surface area contributed by atoms with E-state index in [2.05, 4.69) is 6.92 Å². The summed E-state index contributed by atoms with van der Waals surface area (Å²) in [4.78, 5) is 0. The van der Waals surface area contributed by atoms with E-state index < -0.39 is 0 Å². The van der Waals surface area contributed by atoms with Crippen LogP contribution in [0.2, 0.25) is 0 Å². The van der Waals surface area contributed by atoms with Crippen molar-refractivity contribution in [3.05, 3.63) is 0 Å². The Morgan fingerprint density at radius 1 is 1.00 bits per heavy atom. The number of unbranched alkanes of at least 4 members (excludes halogenated alkanes) is 1. The third kappa shape index (κ3) is 47.5. The number of halogens is 5. The molecule has 0 unspecified atom stereocenters. The standard InChI is InChI=1S/C4H9O.5ClH.W/c1-2-3-4-5;;;;;;/h2-4H2,1H3;5*1H;/q-1;;;;;;+1. The molecule has 7 heteroatoms. The van der Waals surface area contributed by atoms with Crippen molar-refractivity contribution in [2.24, 2.45) is 0 Å². The van der Waals surface area contributed by atoms with Crippen molar-refractivity contribution in [3.8, 4) is 0 Å². The summed E-state index contributed by atoms with van der Waals surface area (Å²) in [5, 5.41) is 0. The zero-order chi connectivity index (χ0) is 4.83. The molecule has 0 saturated heterocycles. The van der Waals surface area contributed by atoms with Crippen molar-refractivity contribution < 1.29 is 23.6 Å². The van der Waals surface area contributed by atoms with Crippen molar-refractivity contribution in [2.75, 3.05) is 6.61 Å². The van der Waals surface area contributed by atoms with Crippen LogP contribution in [0, 0.1) is 0 Å². The molecule has 1 nitrogen and oxygen atoms in total. The van der Waals surface area contributed by atoms with Crippen LogP contribution in [0.3, 0.4) is 0 Å². The van der Waals surface area contributed by atoms with E-state index in [9.17, 15) is 0 Å².